The maximum atomic E-state index is 11.7. The summed E-state index contributed by atoms with van der Waals surface area (Å²) in [5.74, 6) is 0.0155. The van der Waals surface area contributed by atoms with Crippen LogP contribution in [0.15, 0.2) is 36.0 Å². The number of benzene rings is 1. The molecule has 0 atom stereocenters. The van der Waals surface area contributed by atoms with Crippen molar-refractivity contribution in [3.05, 3.63) is 51.4 Å². The Hall–Kier alpha value is -1.39. The fraction of sp³-hybridized carbons (Fsp3) is 0.231. The molecule has 0 aliphatic rings. The predicted molar refractivity (Wildman–Crippen MR) is 74.0 cm³/mol. The van der Waals surface area contributed by atoms with E-state index in [1.54, 1.807) is 22.9 Å². The van der Waals surface area contributed by atoms with E-state index < -0.39 is 0 Å². The van der Waals surface area contributed by atoms with Gasteiger partial charge in [-0.2, -0.15) is 0 Å². The van der Waals surface area contributed by atoms with Gasteiger partial charge in [-0.1, -0.05) is 23.7 Å². The molecule has 0 saturated heterocycles. The summed E-state index contributed by atoms with van der Waals surface area (Å²) in [6.07, 6.45) is 3.02. The van der Waals surface area contributed by atoms with E-state index in [0.717, 1.165) is 12.0 Å². The summed E-state index contributed by atoms with van der Waals surface area (Å²) in [6, 6.07) is 7.36. The third kappa shape index (κ3) is 4.13. The molecule has 1 amide bonds. The molecule has 0 unspecified atom stereocenters. The van der Waals surface area contributed by atoms with E-state index in [1.807, 2.05) is 24.4 Å². The van der Waals surface area contributed by atoms with Crippen LogP contribution in [0.2, 0.25) is 5.02 Å². The summed E-state index contributed by atoms with van der Waals surface area (Å²) in [6.45, 7) is 0.640. The topological polar surface area (TPSA) is 42.0 Å². The fourth-order valence-electron chi connectivity index (χ4n) is 1.59. The highest BCUT2D eigenvalue weighted by molar-refractivity contribution is 7.09. The van der Waals surface area contributed by atoms with Crippen LogP contribution in [0.4, 0.5) is 0 Å². The van der Waals surface area contributed by atoms with E-state index in [0.29, 0.717) is 18.0 Å². The lowest BCUT2D eigenvalue weighted by Gasteiger charge is -2.04. The first-order valence-electron chi connectivity index (χ1n) is 5.62. The number of aromatic nitrogens is 1. The normalized spacial score (nSPS) is 10.3. The van der Waals surface area contributed by atoms with Gasteiger partial charge in [-0.15, -0.1) is 11.3 Å². The van der Waals surface area contributed by atoms with E-state index in [1.165, 1.54) is 4.88 Å². The third-order valence-corrected chi connectivity index (χ3v) is 3.51. The molecule has 0 radical (unpaired) electrons. The number of nitrogens with one attached hydrogen (secondary N) is 1. The summed E-state index contributed by atoms with van der Waals surface area (Å²) in [5.41, 5.74) is 2.72. The number of thiazole rings is 1. The second kappa shape index (κ2) is 6.52. The Morgan fingerprint density at radius 3 is 3.06 bits per heavy atom. The Labute approximate surface area is 115 Å². The van der Waals surface area contributed by atoms with Gasteiger partial charge in [0.1, 0.15) is 0 Å². The molecule has 0 bridgehead atoms. The van der Waals surface area contributed by atoms with Crippen LogP contribution in [0, 0.1) is 0 Å². The molecule has 1 aromatic carbocycles. The van der Waals surface area contributed by atoms with Gasteiger partial charge in [-0.05, 0) is 17.7 Å². The zero-order valence-electron chi connectivity index (χ0n) is 9.73. The van der Waals surface area contributed by atoms with Crippen LogP contribution in [0.1, 0.15) is 10.4 Å². The van der Waals surface area contributed by atoms with Crippen molar-refractivity contribution in [1.29, 1.82) is 0 Å². The molecule has 3 nitrogen and oxygen atoms in total. The Bertz CT molecular complexity index is 513. The van der Waals surface area contributed by atoms with E-state index >= 15 is 0 Å². The molecule has 1 heterocycles. The lowest BCUT2D eigenvalue weighted by atomic mass is 10.1. The Balaban J connectivity index is 1.75. The number of nitrogens with zero attached hydrogens (tertiary/aromatic N) is 1. The van der Waals surface area contributed by atoms with Gasteiger partial charge < -0.3 is 5.32 Å². The Kier molecular flexibility index (Phi) is 4.73. The van der Waals surface area contributed by atoms with Gasteiger partial charge >= 0.3 is 0 Å². The number of carbonyl (C=O) groups is 1. The van der Waals surface area contributed by atoms with E-state index in [-0.39, 0.29) is 5.91 Å². The van der Waals surface area contributed by atoms with Crippen molar-refractivity contribution >= 4 is 28.8 Å². The molecule has 0 fully saturated rings. The van der Waals surface area contributed by atoms with Crippen LogP contribution >= 0.6 is 22.9 Å². The zero-order chi connectivity index (χ0) is 12.8. The number of hydrogen-bond donors (Lipinski definition) is 1. The molecule has 2 aromatic rings. The molecule has 2 rings (SSSR count). The van der Waals surface area contributed by atoms with Gasteiger partial charge in [-0.3, -0.25) is 9.78 Å². The first-order chi connectivity index (χ1) is 8.74. The van der Waals surface area contributed by atoms with Crippen LogP contribution in [0.5, 0.6) is 0 Å². The molecular weight excluding hydrogens is 268 g/mol. The summed E-state index contributed by atoms with van der Waals surface area (Å²) >= 11 is 7.46. The van der Waals surface area contributed by atoms with Gasteiger partial charge in [-0.25, -0.2) is 0 Å². The number of hydrogen-bond acceptors (Lipinski definition) is 3. The molecule has 0 aliphatic carbocycles. The largest absolute Gasteiger partial charge is 0.355 e. The van der Waals surface area contributed by atoms with Crippen LogP contribution in [0.25, 0.3) is 0 Å². The highest BCUT2D eigenvalue weighted by atomic mass is 35.5. The molecule has 1 aromatic heterocycles. The Morgan fingerprint density at radius 1 is 1.44 bits per heavy atom. The lowest BCUT2D eigenvalue weighted by Crippen LogP contribution is -2.27. The minimum atomic E-state index is 0.0155. The van der Waals surface area contributed by atoms with Crippen molar-refractivity contribution in [1.82, 2.24) is 10.3 Å². The van der Waals surface area contributed by atoms with Crippen molar-refractivity contribution in [2.24, 2.45) is 0 Å². The highest BCUT2D eigenvalue weighted by Gasteiger charge is 2.03. The summed E-state index contributed by atoms with van der Waals surface area (Å²) < 4.78 is 0. The SMILES string of the molecule is O=C(Cc1cccc(Cl)c1)NCCc1cncs1. The monoisotopic (exact) mass is 280 g/mol. The van der Waals surface area contributed by atoms with Crippen LogP contribution in [-0.4, -0.2) is 17.4 Å². The molecule has 0 aliphatic heterocycles. The lowest BCUT2D eigenvalue weighted by molar-refractivity contribution is -0.120. The molecular formula is C13H13ClN2OS. The fourth-order valence-corrected chi connectivity index (χ4v) is 2.40. The molecule has 18 heavy (non-hydrogen) atoms. The number of amides is 1. The number of carbonyl (C=O) groups excluding carboxylic acids is 1. The Morgan fingerprint density at radius 2 is 2.33 bits per heavy atom. The van der Waals surface area contributed by atoms with Crippen molar-refractivity contribution in [3.63, 3.8) is 0 Å². The van der Waals surface area contributed by atoms with Gasteiger partial charge in [0.05, 0.1) is 11.9 Å². The van der Waals surface area contributed by atoms with Gasteiger partial charge in [0.2, 0.25) is 5.91 Å². The molecule has 94 valence electrons. The summed E-state index contributed by atoms with van der Waals surface area (Å²) in [5, 5.41) is 3.54. The minimum absolute atomic E-state index is 0.0155. The average Bonchev–Trinajstić information content (AvgIpc) is 2.82. The van der Waals surface area contributed by atoms with Gasteiger partial charge in [0.25, 0.3) is 0 Å². The summed E-state index contributed by atoms with van der Waals surface area (Å²) in [7, 11) is 0. The maximum absolute atomic E-state index is 11.7. The number of rotatable bonds is 5. The number of halogens is 1. The van der Waals surface area contributed by atoms with Gasteiger partial charge in [0, 0.05) is 29.1 Å². The molecule has 1 N–H and O–H groups in total. The minimum Gasteiger partial charge on any atom is -0.355 e. The smallest absolute Gasteiger partial charge is 0.224 e. The third-order valence-electron chi connectivity index (χ3n) is 2.43. The quantitative estimate of drug-likeness (QED) is 0.915. The second-order valence-electron chi connectivity index (χ2n) is 3.87. The summed E-state index contributed by atoms with van der Waals surface area (Å²) in [4.78, 5) is 16.9. The molecule has 0 spiro atoms. The van der Waals surface area contributed by atoms with Crippen molar-refractivity contribution in [2.75, 3.05) is 6.54 Å². The van der Waals surface area contributed by atoms with E-state index in [4.69, 9.17) is 11.6 Å². The predicted octanol–water partition coefficient (Wildman–Crippen LogP) is 2.70. The van der Waals surface area contributed by atoms with Crippen LogP contribution in [-0.2, 0) is 17.6 Å². The van der Waals surface area contributed by atoms with Crippen LogP contribution in [0.3, 0.4) is 0 Å². The maximum Gasteiger partial charge on any atom is 0.224 e. The van der Waals surface area contributed by atoms with E-state index in [2.05, 4.69) is 10.3 Å². The van der Waals surface area contributed by atoms with Crippen LogP contribution < -0.4 is 5.32 Å². The molecule has 5 heteroatoms. The average molecular weight is 281 g/mol. The highest BCUT2D eigenvalue weighted by Crippen LogP contribution is 2.11. The van der Waals surface area contributed by atoms with E-state index in [9.17, 15) is 4.79 Å². The van der Waals surface area contributed by atoms with Crippen molar-refractivity contribution in [3.8, 4) is 0 Å². The first kappa shape index (κ1) is 13.1. The zero-order valence-corrected chi connectivity index (χ0v) is 11.3. The molecule has 0 saturated carbocycles. The standard InChI is InChI=1S/C13H13ClN2OS/c14-11-3-1-2-10(6-11)7-13(17)16-5-4-12-8-15-9-18-12/h1-3,6,8-9H,4-5,7H2,(H,16,17). The second-order valence-corrected chi connectivity index (χ2v) is 5.28. The van der Waals surface area contributed by atoms with Crippen molar-refractivity contribution in [2.45, 2.75) is 12.8 Å². The van der Waals surface area contributed by atoms with Gasteiger partial charge in [0.15, 0.2) is 0 Å². The van der Waals surface area contributed by atoms with Crippen molar-refractivity contribution < 1.29 is 4.79 Å². The first-order valence-corrected chi connectivity index (χ1v) is 6.88.